The molecule has 1 amide bonds. The summed E-state index contributed by atoms with van der Waals surface area (Å²) in [5.41, 5.74) is -0.460. The molecule has 1 aromatic carbocycles. The SMILES string of the molecule is O=C(COC(=O)c1ccc(Cl)cc1[N+](=O)[O-])NCC12CC3CC(CC(C3)C1)C2. The van der Waals surface area contributed by atoms with E-state index in [2.05, 4.69) is 5.32 Å². The smallest absolute Gasteiger partial charge is 0.345 e. The first-order valence-electron chi connectivity index (χ1n) is 9.71. The lowest BCUT2D eigenvalue weighted by molar-refractivity contribution is -0.385. The van der Waals surface area contributed by atoms with E-state index < -0.39 is 23.2 Å². The van der Waals surface area contributed by atoms with E-state index in [1.54, 1.807) is 0 Å². The summed E-state index contributed by atoms with van der Waals surface area (Å²) >= 11 is 5.74. The normalized spacial score (nSPS) is 30.1. The molecule has 1 aromatic rings. The van der Waals surface area contributed by atoms with Crippen LogP contribution >= 0.6 is 11.6 Å². The lowest BCUT2D eigenvalue weighted by Crippen LogP contribution is -2.51. The number of nitro benzene ring substituents is 1. The van der Waals surface area contributed by atoms with Crippen molar-refractivity contribution in [1.82, 2.24) is 5.32 Å². The molecule has 150 valence electrons. The van der Waals surface area contributed by atoms with Crippen LogP contribution in [0.3, 0.4) is 0 Å². The number of esters is 1. The number of halogens is 1. The van der Waals surface area contributed by atoms with Crippen molar-refractivity contribution >= 4 is 29.2 Å². The summed E-state index contributed by atoms with van der Waals surface area (Å²) in [6.45, 7) is 0.166. The number of amides is 1. The van der Waals surface area contributed by atoms with Crippen molar-refractivity contribution < 1.29 is 19.2 Å². The van der Waals surface area contributed by atoms with Crippen LogP contribution in [0.15, 0.2) is 18.2 Å². The van der Waals surface area contributed by atoms with Crippen molar-refractivity contribution in [2.24, 2.45) is 23.2 Å². The fourth-order valence-corrected chi connectivity index (χ4v) is 6.05. The number of nitrogens with one attached hydrogen (secondary N) is 1. The van der Waals surface area contributed by atoms with Crippen molar-refractivity contribution in [2.45, 2.75) is 38.5 Å². The van der Waals surface area contributed by atoms with Crippen molar-refractivity contribution in [2.75, 3.05) is 13.2 Å². The molecule has 1 N–H and O–H groups in total. The summed E-state index contributed by atoms with van der Waals surface area (Å²) in [5.74, 6) is 1.11. The third-order valence-corrected chi connectivity index (χ3v) is 6.77. The molecule has 7 nitrogen and oxygen atoms in total. The maximum Gasteiger partial charge on any atom is 0.345 e. The fourth-order valence-electron chi connectivity index (χ4n) is 5.88. The zero-order chi connectivity index (χ0) is 19.9. The largest absolute Gasteiger partial charge is 0.452 e. The summed E-state index contributed by atoms with van der Waals surface area (Å²) in [4.78, 5) is 34.7. The molecule has 0 unspecified atom stereocenters. The zero-order valence-corrected chi connectivity index (χ0v) is 16.2. The summed E-state index contributed by atoms with van der Waals surface area (Å²) in [6, 6.07) is 3.69. The van der Waals surface area contributed by atoms with Crippen LogP contribution in [-0.4, -0.2) is 30.0 Å². The molecule has 28 heavy (non-hydrogen) atoms. The molecule has 0 heterocycles. The van der Waals surface area contributed by atoms with E-state index in [1.807, 2.05) is 0 Å². The lowest BCUT2D eigenvalue weighted by atomic mass is 9.49. The first-order valence-corrected chi connectivity index (χ1v) is 10.1. The number of ether oxygens (including phenoxy) is 1. The van der Waals surface area contributed by atoms with Gasteiger partial charge < -0.3 is 10.1 Å². The van der Waals surface area contributed by atoms with Gasteiger partial charge in [-0.2, -0.15) is 0 Å². The summed E-state index contributed by atoms with van der Waals surface area (Å²) in [7, 11) is 0. The molecule has 4 aliphatic rings. The maximum absolute atomic E-state index is 12.2. The Labute approximate surface area is 167 Å². The Balaban J connectivity index is 1.31. The van der Waals surface area contributed by atoms with Gasteiger partial charge in [0.05, 0.1) is 4.92 Å². The van der Waals surface area contributed by atoms with Crippen LogP contribution in [-0.2, 0) is 9.53 Å². The van der Waals surface area contributed by atoms with Gasteiger partial charge in [0.25, 0.3) is 11.6 Å². The van der Waals surface area contributed by atoms with Gasteiger partial charge in [0, 0.05) is 17.6 Å². The number of carbonyl (C=O) groups is 2. The van der Waals surface area contributed by atoms with Crippen molar-refractivity contribution in [1.29, 1.82) is 0 Å². The first kappa shape index (κ1) is 19.2. The Bertz CT molecular complexity index is 790. The van der Waals surface area contributed by atoms with Gasteiger partial charge in [0.2, 0.25) is 0 Å². The highest BCUT2D eigenvalue weighted by molar-refractivity contribution is 6.31. The minimum Gasteiger partial charge on any atom is -0.452 e. The number of nitrogens with zero attached hydrogens (tertiary/aromatic N) is 1. The van der Waals surface area contributed by atoms with Crippen molar-refractivity contribution in [3.8, 4) is 0 Å². The molecule has 4 bridgehead atoms. The van der Waals surface area contributed by atoms with E-state index >= 15 is 0 Å². The standard InChI is InChI=1S/C20H23ClN2O5/c21-15-1-2-16(17(6-15)23(26)27)19(25)28-10-18(24)22-11-20-7-12-3-13(8-20)5-14(4-12)9-20/h1-2,6,12-14H,3-5,7-11H2,(H,22,24). The van der Waals surface area contributed by atoms with E-state index in [4.69, 9.17) is 16.3 Å². The van der Waals surface area contributed by atoms with E-state index in [0.29, 0.717) is 6.54 Å². The molecule has 5 rings (SSSR count). The molecule has 0 aliphatic heterocycles. The van der Waals surface area contributed by atoms with Crippen LogP contribution in [0.1, 0.15) is 48.9 Å². The Morgan fingerprint density at radius 2 is 1.79 bits per heavy atom. The first-order chi connectivity index (χ1) is 13.3. The molecule has 0 spiro atoms. The van der Waals surface area contributed by atoms with Gasteiger partial charge in [0.15, 0.2) is 6.61 Å². The van der Waals surface area contributed by atoms with Gasteiger partial charge in [-0.1, -0.05) is 11.6 Å². The second kappa shape index (κ2) is 7.35. The predicted octanol–water partition coefficient (Wildman–Crippen LogP) is 3.74. The monoisotopic (exact) mass is 406 g/mol. The number of hydrogen-bond acceptors (Lipinski definition) is 5. The van der Waals surface area contributed by atoms with Gasteiger partial charge in [-0.15, -0.1) is 0 Å². The highest BCUT2D eigenvalue weighted by atomic mass is 35.5. The third kappa shape index (κ3) is 3.85. The van der Waals surface area contributed by atoms with Crippen molar-refractivity contribution in [3.63, 3.8) is 0 Å². The second-order valence-electron chi connectivity index (χ2n) is 8.69. The van der Waals surface area contributed by atoms with Gasteiger partial charge in [-0.3, -0.25) is 14.9 Å². The summed E-state index contributed by atoms with van der Waals surface area (Å²) < 4.78 is 4.99. The van der Waals surface area contributed by atoms with Crippen LogP contribution in [0.4, 0.5) is 5.69 Å². The Morgan fingerprint density at radius 3 is 2.36 bits per heavy atom. The fraction of sp³-hybridized carbons (Fsp3) is 0.600. The Hall–Kier alpha value is -2.15. The van der Waals surface area contributed by atoms with E-state index in [1.165, 1.54) is 50.7 Å². The molecule has 0 radical (unpaired) electrons. The van der Waals surface area contributed by atoms with E-state index in [0.717, 1.165) is 23.8 Å². The Morgan fingerprint density at radius 1 is 1.18 bits per heavy atom. The molecule has 4 aliphatic carbocycles. The number of carbonyl (C=O) groups excluding carboxylic acids is 2. The van der Waals surface area contributed by atoms with Gasteiger partial charge >= 0.3 is 5.97 Å². The van der Waals surface area contributed by atoms with Gasteiger partial charge in [-0.25, -0.2) is 4.79 Å². The number of rotatable bonds is 6. The van der Waals surface area contributed by atoms with E-state index in [9.17, 15) is 19.7 Å². The predicted molar refractivity (Wildman–Crippen MR) is 102 cm³/mol. The van der Waals surface area contributed by atoms with Gasteiger partial charge in [0.1, 0.15) is 5.56 Å². The number of benzene rings is 1. The van der Waals surface area contributed by atoms with Gasteiger partial charge in [-0.05, 0) is 73.8 Å². The highest BCUT2D eigenvalue weighted by Gasteiger charge is 2.50. The second-order valence-corrected chi connectivity index (χ2v) is 9.13. The maximum atomic E-state index is 12.2. The summed E-state index contributed by atoms with van der Waals surface area (Å²) in [6.07, 6.45) is 7.54. The molecule has 4 saturated carbocycles. The quantitative estimate of drug-likeness (QED) is 0.440. The molecular weight excluding hydrogens is 384 g/mol. The minimum atomic E-state index is -0.909. The van der Waals surface area contributed by atoms with Crippen LogP contribution in [0, 0.1) is 33.3 Å². The molecule has 4 fully saturated rings. The molecule has 0 aromatic heterocycles. The average molecular weight is 407 g/mol. The molecular formula is C20H23ClN2O5. The average Bonchev–Trinajstić information content (AvgIpc) is 2.63. The Kier molecular flexibility index (Phi) is 5.04. The zero-order valence-electron chi connectivity index (χ0n) is 15.5. The topological polar surface area (TPSA) is 98.5 Å². The minimum absolute atomic E-state index is 0.150. The van der Waals surface area contributed by atoms with Crippen LogP contribution < -0.4 is 5.32 Å². The van der Waals surface area contributed by atoms with Crippen LogP contribution in [0.25, 0.3) is 0 Å². The molecule has 0 atom stereocenters. The number of nitro groups is 1. The molecule has 0 saturated heterocycles. The van der Waals surface area contributed by atoms with Crippen LogP contribution in [0.2, 0.25) is 5.02 Å². The van der Waals surface area contributed by atoms with E-state index in [-0.39, 0.29) is 21.9 Å². The molecule has 8 heteroatoms. The highest BCUT2D eigenvalue weighted by Crippen LogP contribution is 2.59. The van der Waals surface area contributed by atoms with Crippen LogP contribution in [0.5, 0.6) is 0 Å². The number of hydrogen-bond donors (Lipinski definition) is 1. The third-order valence-electron chi connectivity index (χ3n) is 6.54. The lowest BCUT2D eigenvalue weighted by Gasteiger charge is -2.56. The summed E-state index contributed by atoms with van der Waals surface area (Å²) in [5, 5.41) is 14.2. The van der Waals surface area contributed by atoms with Crippen molar-refractivity contribution in [3.05, 3.63) is 38.9 Å².